The van der Waals surface area contributed by atoms with Crippen LogP contribution in [0.3, 0.4) is 0 Å². The molecule has 0 bridgehead atoms. The highest BCUT2D eigenvalue weighted by molar-refractivity contribution is 8.15. The summed E-state index contributed by atoms with van der Waals surface area (Å²) in [6, 6.07) is 24.2. The molecule has 2 aliphatic rings. The van der Waals surface area contributed by atoms with Gasteiger partial charge in [0.25, 0.3) is 5.91 Å². The number of aliphatic imine (C=N–C) groups is 1. The highest BCUT2D eigenvalue weighted by atomic mass is 32.2. The lowest BCUT2D eigenvalue weighted by Gasteiger charge is -2.23. The lowest BCUT2D eigenvalue weighted by atomic mass is 9.98. The van der Waals surface area contributed by atoms with Gasteiger partial charge in [0, 0.05) is 18.5 Å². The Morgan fingerprint density at radius 3 is 2.47 bits per heavy atom. The van der Waals surface area contributed by atoms with E-state index in [0.29, 0.717) is 11.6 Å². The van der Waals surface area contributed by atoms with Crippen LogP contribution in [0, 0.1) is 20.8 Å². The molecule has 0 fully saturated rings. The van der Waals surface area contributed by atoms with Crippen molar-refractivity contribution < 1.29 is 9.59 Å². The topological polar surface area (TPSA) is 74.1 Å². The summed E-state index contributed by atoms with van der Waals surface area (Å²) in [6.45, 7) is 6.10. The van der Waals surface area contributed by atoms with Gasteiger partial charge in [-0.25, -0.2) is 5.01 Å². The number of amides is 2. The molecular weight excluding hydrogens is 468 g/mol. The normalized spacial score (nSPS) is 19.3. The van der Waals surface area contributed by atoms with Crippen molar-refractivity contribution in [2.75, 3.05) is 5.32 Å². The van der Waals surface area contributed by atoms with E-state index >= 15 is 0 Å². The number of hydrogen-bond donors (Lipinski definition) is 1. The van der Waals surface area contributed by atoms with Crippen molar-refractivity contribution in [1.29, 1.82) is 0 Å². The number of aryl methyl sites for hydroxylation is 3. The van der Waals surface area contributed by atoms with E-state index in [1.807, 2.05) is 55.3 Å². The molecular formula is C29H28N4O2S. The third-order valence-electron chi connectivity index (χ3n) is 6.57. The van der Waals surface area contributed by atoms with E-state index in [2.05, 4.69) is 53.6 Å². The number of carbonyl (C=O) groups excluding carboxylic acids is 2. The van der Waals surface area contributed by atoms with Crippen molar-refractivity contribution in [3.8, 4) is 0 Å². The minimum absolute atomic E-state index is 0.0573. The Hall–Kier alpha value is -3.71. The van der Waals surface area contributed by atoms with Crippen LogP contribution in [0.5, 0.6) is 0 Å². The van der Waals surface area contributed by atoms with Crippen LogP contribution >= 0.6 is 11.8 Å². The first-order valence-corrected chi connectivity index (χ1v) is 12.9. The van der Waals surface area contributed by atoms with Gasteiger partial charge in [-0.1, -0.05) is 78.0 Å². The number of rotatable bonds is 5. The summed E-state index contributed by atoms with van der Waals surface area (Å²) in [5.41, 5.74) is 7.31. The first-order chi connectivity index (χ1) is 17.4. The van der Waals surface area contributed by atoms with E-state index in [1.54, 1.807) is 0 Å². The Labute approximate surface area is 215 Å². The SMILES string of the molecule is Cc1ccc(C2=NN(C3=NC(=O)[C@@H](CC(=O)Nc4ccc(C)c(C)c4)S3)[C@H](c3ccccc3)C2)cc1. The van der Waals surface area contributed by atoms with Crippen LogP contribution in [0.2, 0.25) is 0 Å². The summed E-state index contributed by atoms with van der Waals surface area (Å²) >= 11 is 1.32. The Morgan fingerprint density at radius 2 is 1.75 bits per heavy atom. The van der Waals surface area contributed by atoms with Gasteiger partial charge in [0.2, 0.25) is 5.91 Å². The van der Waals surface area contributed by atoms with Gasteiger partial charge < -0.3 is 5.32 Å². The Morgan fingerprint density at radius 1 is 1.00 bits per heavy atom. The molecule has 0 radical (unpaired) electrons. The second-order valence-corrected chi connectivity index (χ2v) is 10.4. The zero-order valence-corrected chi connectivity index (χ0v) is 21.4. The number of amidine groups is 1. The summed E-state index contributed by atoms with van der Waals surface area (Å²) in [5, 5.41) is 9.65. The third kappa shape index (κ3) is 5.11. The quantitative estimate of drug-likeness (QED) is 0.485. The fourth-order valence-corrected chi connectivity index (χ4v) is 5.41. The molecule has 1 N–H and O–H groups in total. The molecule has 2 atom stereocenters. The van der Waals surface area contributed by atoms with E-state index in [9.17, 15) is 9.59 Å². The van der Waals surface area contributed by atoms with E-state index in [-0.39, 0.29) is 24.3 Å². The van der Waals surface area contributed by atoms with Crippen molar-refractivity contribution in [2.24, 2.45) is 10.1 Å². The van der Waals surface area contributed by atoms with Gasteiger partial charge in [-0.15, -0.1) is 0 Å². The lowest BCUT2D eigenvalue weighted by Crippen LogP contribution is -2.25. The van der Waals surface area contributed by atoms with Crippen LogP contribution in [0.4, 0.5) is 5.69 Å². The van der Waals surface area contributed by atoms with Gasteiger partial charge in [-0.3, -0.25) is 9.59 Å². The minimum atomic E-state index is -0.568. The van der Waals surface area contributed by atoms with Crippen LogP contribution in [-0.2, 0) is 9.59 Å². The first-order valence-electron chi connectivity index (χ1n) is 12.0. The summed E-state index contributed by atoms with van der Waals surface area (Å²) in [7, 11) is 0. The molecule has 5 rings (SSSR count). The zero-order chi connectivity index (χ0) is 25.2. The zero-order valence-electron chi connectivity index (χ0n) is 20.6. The fraction of sp³-hybridized carbons (Fsp3) is 0.241. The number of benzene rings is 3. The molecule has 0 saturated carbocycles. The molecule has 0 spiro atoms. The van der Waals surface area contributed by atoms with Gasteiger partial charge in [0.15, 0.2) is 5.17 Å². The number of nitrogens with one attached hydrogen (secondary N) is 1. The van der Waals surface area contributed by atoms with Crippen molar-refractivity contribution in [2.45, 2.75) is 44.9 Å². The smallest absolute Gasteiger partial charge is 0.262 e. The molecule has 182 valence electrons. The second-order valence-electron chi connectivity index (χ2n) is 9.28. The highest BCUT2D eigenvalue weighted by Crippen LogP contribution is 2.38. The van der Waals surface area contributed by atoms with Crippen LogP contribution in [0.25, 0.3) is 0 Å². The largest absolute Gasteiger partial charge is 0.326 e. The van der Waals surface area contributed by atoms with Crippen molar-refractivity contribution in [3.05, 3.63) is 101 Å². The minimum Gasteiger partial charge on any atom is -0.326 e. The Kier molecular flexibility index (Phi) is 6.74. The Balaban J connectivity index is 1.33. The molecule has 0 unspecified atom stereocenters. The van der Waals surface area contributed by atoms with Crippen LogP contribution in [-0.4, -0.2) is 33.0 Å². The molecule has 0 aromatic heterocycles. The summed E-state index contributed by atoms with van der Waals surface area (Å²) in [4.78, 5) is 29.9. The molecule has 7 heteroatoms. The van der Waals surface area contributed by atoms with Crippen molar-refractivity contribution >= 4 is 40.1 Å². The van der Waals surface area contributed by atoms with Crippen LogP contribution in [0.15, 0.2) is 82.9 Å². The predicted molar refractivity (Wildman–Crippen MR) is 146 cm³/mol. The molecule has 2 amide bonds. The average molecular weight is 497 g/mol. The van der Waals surface area contributed by atoms with Gasteiger partial charge in [-0.05, 0) is 55.2 Å². The fourth-order valence-electron chi connectivity index (χ4n) is 4.35. The summed E-state index contributed by atoms with van der Waals surface area (Å²) in [5.74, 6) is -0.499. The van der Waals surface area contributed by atoms with Crippen LogP contribution < -0.4 is 5.32 Å². The standard InChI is InChI=1S/C29H28N4O2S/c1-18-9-12-21(13-10-18)24-16-25(22-7-5-4-6-8-22)33(32-24)29-31-28(35)26(36-29)17-27(34)30-23-14-11-19(2)20(3)15-23/h4-15,25-26H,16-17H2,1-3H3,(H,30,34)/t25-,26+/m0/s1. The van der Waals surface area contributed by atoms with E-state index in [4.69, 9.17) is 5.10 Å². The van der Waals surface area contributed by atoms with Gasteiger partial charge in [-0.2, -0.15) is 10.1 Å². The van der Waals surface area contributed by atoms with E-state index in [1.165, 1.54) is 17.3 Å². The molecule has 3 aromatic rings. The maximum atomic E-state index is 12.8. The molecule has 6 nitrogen and oxygen atoms in total. The Bertz CT molecular complexity index is 1370. The third-order valence-corrected chi connectivity index (χ3v) is 7.71. The molecule has 2 heterocycles. The second kappa shape index (κ2) is 10.1. The maximum Gasteiger partial charge on any atom is 0.262 e. The highest BCUT2D eigenvalue weighted by Gasteiger charge is 2.39. The number of hydrogen-bond acceptors (Lipinski definition) is 5. The average Bonchev–Trinajstić information content (AvgIpc) is 3.46. The molecule has 0 aliphatic carbocycles. The number of carbonyl (C=O) groups is 2. The molecule has 36 heavy (non-hydrogen) atoms. The summed E-state index contributed by atoms with van der Waals surface area (Å²) in [6.07, 6.45) is 0.764. The van der Waals surface area contributed by atoms with E-state index in [0.717, 1.165) is 33.7 Å². The first kappa shape index (κ1) is 24.0. The number of thioether (sulfide) groups is 1. The maximum absolute atomic E-state index is 12.8. The van der Waals surface area contributed by atoms with E-state index < -0.39 is 5.25 Å². The van der Waals surface area contributed by atoms with Gasteiger partial charge in [0.05, 0.1) is 11.8 Å². The molecule has 3 aromatic carbocycles. The predicted octanol–water partition coefficient (Wildman–Crippen LogP) is 5.79. The van der Waals surface area contributed by atoms with Gasteiger partial charge in [0.1, 0.15) is 5.25 Å². The molecule has 2 aliphatic heterocycles. The molecule has 0 saturated heterocycles. The monoisotopic (exact) mass is 496 g/mol. The summed E-state index contributed by atoms with van der Waals surface area (Å²) < 4.78 is 0. The lowest BCUT2D eigenvalue weighted by molar-refractivity contribution is -0.121. The van der Waals surface area contributed by atoms with Crippen LogP contribution in [0.1, 0.15) is 46.7 Å². The number of anilines is 1. The number of hydrazone groups is 1. The van der Waals surface area contributed by atoms with Crippen molar-refractivity contribution in [3.63, 3.8) is 0 Å². The van der Waals surface area contributed by atoms with Crippen molar-refractivity contribution in [1.82, 2.24) is 5.01 Å². The number of nitrogens with zero attached hydrogens (tertiary/aromatic N) is 3. The van der Waals surface area contributed by atoms with Gasteiger partial charge >= 0.3 is 0 Å².